The molecule has 6 heteroatoms. The third-order valence-electron chi connectivity index (χ3n) is 3.68. The van der Waals surface area contributed by atoms with Crippen LogP contribution in [0.5, 0.6) is 17.2 Å². The van der Waals surface area contributed by atoms with Crippen LogP contribution in [-0.4, -0.2) is 48.9 Å². The molecule has 2 aliphatic heterocycles. The van der Waals surface area contributed by atoms with Crippen LogP contribution in [0.2, 0.25) is 0 Å². The number of amides is 1. The first-order valence-corrected chi connectivity index (χ1v) is 8.03. The summed E-state index contributed by atoms with van der Waals surface area (Å²) < 4.78 is 52.1. The first-order valence-electron chi connectivity index (χ1n) is 10.0. The zero-order valence-corrected chi connectivity index (χ0v) is 14.1. The second-order valence-corrected chi connectivity index (χ2v) is 6.80. The van der Waals surface area contributed by atoms with Gasteiger partial charge in [-0.05, 0) is 32.9 Å². The third-order valence-corrected chi connectivity index (χ3v) is 3.68. The van der Waals surface area contributed by atoms with E-state index >= 15 is 0 Å². The quantitative estimate of drug-likeness (QED) is 0.828. The van der Waals surface area contributed by atoms with Gasteiger partial charge in [0, 0.05) is 32.0 Å². The van der Waals surface area contributed by atoms with Gasteiger partial charge in [0.2, 0.25) is 0 Å². The van der Waals surface area contributed by atoms with Crippen molar-refractivity contribution in [2.24, 2.45) is 0 Å². The first kappa shape index (κ1) is 12.3. The fourth-order valence-electron chi connectivity index (χ4n) is 2.55. The highest BCUT2D eigenvalue weighted by molar-refractivity contribution is 5.68. The largest absolute Gasteiger partial charge is 0.490 e. The lowest BCUT2D eigenvalue weighted by Crippen LogP contribution is -2.44. The summed E-state index contributed by atoms with van der Waals surface area (Å²) in [6.45, 7) is 1.33. The van der Waals surface area contributed by atoms with E-state index in [0.717, 1.165) is 0 Å². The standard InChI is InChI=1S/C18H25NO5/c1-18(2,3)24-17(20)19-8-6-13(7-9-19)23-14-4-5-15-16(12-14)22-11-10-21-15/h4-5,12-13H,6-11H2,1-3H3/i10D2,11D2. The molecule has 0 radical (unpaired) electrons. The maximum atomic E-state index is 12.1. The molecule has 1 fully saturated rings. The molecule has 132 valence electrons. The van der Waals surface area contributed by atoms with Crippen LogP contribution in [-0.2, 0) is 4.74 Å². The number of hydrogen-bond acceptors (Lipinski definition) is 5. The molecule has 0 aliphatic carbocycles. The van der Waals surface area contributed by atoms with Crippen molar-refractivity contribution in [2.45, 2.75) is 45.3 Å². The predicted molar refractivity (Wildman–Crippen MR) is 88.9 cm³/mol. The van der Waals surface area contributed by atoms with Crippen LogP contribution in [0, 0.1) is 0 Å². The van der Waals surface area contributed by atoms with Gasteiger partial charge in [0.15, 0.2) is 11.5 Å². The highest BCUT2D eigenvalue weighted by Gasteiger charge is 2.27. The Kier molecular flexibility index (Phi) is 3.47. The number of piperidine rings is 1. The summed E-state index contributed by atoms with van der Waals surface area (Å²) >= 11 is 0. The molecule has 0 saturated carbocycles. The maximum Gasteiger partial charge on any atom is 0.410 e. The highest BCUT2D eigenvalue weighted by atomic mass is 16.6. The van der Waals surface area contributed by atoms with Crippen LogP contribution in [0.25, 0.3) is 0 Å². The molecule has 0 spiro atoms. The average molecular weight is 339 g/mol. The Balaban J connectivity index is 1.59. The molecule has 24 heavy (non-hydrogen) atoms. The molecule has 0 bridgehead atoms. The fourth-order valence-corrected chi connectivity index (χ4v) is 2.55. The zero-order chi connectivity index (χ0) is 20.7. The molecular formula is C18H25NO5. The Hall–Kier alpha value is -2.11. The van der Waals surface area contributed by atoms with Crippen LogP contribution in [0.15, 0.2) is 18.2 Å². The lowest BCUT2D eigenvalue weighted by atomic mass is 10.1. The minimum Gasteiger partial charge on any atom is -0.490 e. The van der Waals surface area contributed by atoms with E-state index in [0.29, 0.717) is 31.7 Å². The van der Waals surface area contributed by atoms with Gasteiger partial charge in [-0.3, -0.25) is 0 Å². The molecule has 0 N–H and O–H groups in total. The molecule has 0 atom stereocenters. The normalized spacial score (nSPS) is 24.9. The molecular weight excluding hydrogens is 310 g/mol. The molecule has 6 nitrogen and oxygen atoms in total. The van der Waals surface area contributed by atoms with E-state index < -0.39 is 18.7 Å². The Morgan fingerprint density at radius 3 is 2.54 bits per heavy atom. The lowest BCUT2D eigenvalue weighted by Gasteiger charge is -2.33. The number of ether oxygens (including phenoxy) is 4. The van der Waals surface area contributed by atoms with E-state index in [1.54, 1.807) is 11.0 Å². The summed E-state index contributed by atoms with van der Waals surface area (Å²) in [4.78, 5) is 13.8. The van der Waals surface area contributed by atoms with E-state index in [2.05, 4.69) is 0 Å². The Labute approximate surface area is 148 Å². The van der Waals surface area contributed by atoms with Crippen molar-refractivity contribution < 1.29 is 29.2 Å². The molecule has 1 saturated heterocycles. The third kappa shape index (κ3) is 4.24. The van der Waals surface area contributed by atoms with Crippen molar-refractivity contribution in [1.82, 2.24) is 4.90 Å². The van der Waals surface area contributed by atoms with Gasteiger partial charge in [0.05, 0.1) is 5.48 Å². The topological polar surface area (TPSA) is 57.2 Å². The summed E-state index contributed by atoms with van der Waals surface area (Å²) in [5.74, 6) is 0.673. The Morgan fingerprint density at radius 1 is 1.21 bits per heavy atom. The molecule has 2 heterocycles. The number of likely N-dealkylation sites (tertiary alicyclic amines) is 1. The smallest absolute Gasteiger partial charge is 0.410 e. The van der Waals surface area contributed by atoms with Crippen molar-refractivity contribution in [3.05, 3.63) is 18.2 Å². The molecule has 1 aromatic rings. The minimum atomic E-state index is -2.61. The van der Waals surface area contributed by atoms with Gasteiger partial charge >= 0.3 is 6.09 Å². The van der Waals surface area contributed by atoms with E-state index in [1.807, 2.05) is 20.8 Å². The van der Waals surface area contributed by atoms with Crippen LogP contribution in [0.1, 0.15) is 39.1 Å². The summed E-state index contributed by atoms with van der Waals surface area (Å²) in [5.41, 5.74) is -0.532. The monoisotopic (exact) mass is 339 g/mol. The van der Waals surface area contributed by atoms with Gasteiger partial charge in [0.1, 0.15) is 30.6 Å². The van der Waals surface area contributed by atoms with Gasteiger partial charge in [-0.15, -0.1) is 0 Å². The lowest BCUT2D eigenvalue weighted by molar-refractivity contribution is 0.0126. The zero-order valence-electron chi connectivity index (χ0n) is 18.1. The summed E-state index contributed by atoms with van der Waals surface area (Å²) in [5, 5.41) is 0. The van der Waals surface area contributed by atoms with Gasteiger partial charge in [-0.1, -0.05) is 0 Å². The fraction of sp³-hybridized carbons (Fsp3) is 0.611. The SMILES string of the molecule is [2H]C1([2H])Oc2ccc(OC3CCN(C(=O)OC(C)(C)C)CC3)cc2OC1([2H])[2H]. The van der Waals surface area contributed by atoms with Crippen molar-refractivity contribution >= 4 is 6.09 Å². The van der Waals surface area contributed by atoms with E-state index in [9.17, 15) is 4.79 Å². The number of nitrogens with zero attached hydrogens (tertiary/aromatic N) is 1. The van der Waals surface area contributed by atoms with Gasteiger partial charge < -0.3 is 23.8 Å². The van der Waals surface area contributed by atoms with Crippen molar-refractivity contribution in [2.75, 3.05) is 26.2 Å². The molecule has 3 rings (SSSR count). The molecule has 0 unspecified atom stereocenters. The van der Waals surface area contributed by atoms with Crippen molar-refractivity contribution in [1.29, 1.82) is 0 Å². The maximum absolute atomic E-state index is 12.1. The molecule has 2 aliphatic rings. The van der Waals surface area contributed by atoms with Gasteiger partial charge in [-0.25, -0.2) is 4.79 Å². The minimum absolute atomic E-state index is 0.0869. The number of benzene rings is 1. The number of fused-ring (bicyclic) bond motifs is 1. The number of carbonyl (C=O) groups excluding carboxylic acids is 1. The predicted octanol–water partition coefficient (Wildman–Crippen LogP) is 3.24. The summed E-state index contributed by atoms with van der Waals surface area (Å²) in [6.07, 6.45) is 0.833. The summed E-state index contributed by atoms with van der Waals surface area (Å²) in [7, 11) is 0. The molecule has 0 aromatic heterocycles. The van der Waals surface area contributed by atoms with E-state index in [1.165, 1.54) is 12.1 Å². The van der Waals surface area contributed by atoms with E-state index in [4.69, 9.17) is 24.4 Å². The van der Waals surface area contributed by atoms with Crippen molar-refractivity contribution in [3.63, 3.8) is 0 Å². The molecule has 1 amide bonds. The van der Waals surface area contributed by atoms with Crippen LogP contribution in [0.4, 0.5) is 4.79 Å². The molecule has 1 aromatic carbocycles. The Morgan fingerprint density at radius 2 is 1.88 bits per heavy atom. The van der Waals surface area contributed by atoms with Crippen LogP contribution >= 0.6 is 0 Å². The number of hydrogen-bond donors (Lipinski definition) is 0. The highest BCUT2D eigenvalue weighted by Crippen LogP contribution is 2.34. The number of rotatable bonds is 2. The van der Waals surface area contributed by atoms with E-state index in [-0.39, 0.29) is 23.7 Å². The first-order chi connectivity index (χ1) is 12.9. The van der Waals surface area contributed by atoms with Crippen molar-refractivity contribution in [3.8, 4) is 17.2 Å². The second-order valence-electron chi connectivity index (χ2n) is 6.80. The summed E-state index contributed by atoms with van der Waals surface area (Å²) in [6, 6.07) is 4.61. The number of carbonyl (C=O) groups is 1. The van der Waals surface area contributed by atoms with Crippen LogP contribution < -0.4 is 14.2 Å². The van der Waals surface area contributed by atoms with Gasteiger partial charge in [-0.2, -0.15) is 0 Å². The average Bonchev–Trinajstić information content (AvgIpc) is 2.55. The Bertz CT molecular complexity index is 742. The van der Waals surface area contributed by atoms with Gasteiger partial charge in [0.25, 0.3) is 0 Å². The second kappa shape index (κ2) is 6.79. The van der Waals surface area contributed by atoms with Crippen LogP contribution in [0.3, 0.4) is 0 Å².